The standard InChI is InChI=1S/C14H27N3O2/c1-12(11-17-6-8-19-9-7-17)16-14(18)10-13-2-4-15-5-3-13/h12-13,15H,2-11H2,1H3,(H,16,18). The van der Waals surface area contributed by atoms with Gasteiger partial charge in [-0.3, -0.25) is 9.69 Å². The van der Waals surface area contributed by atoms with E-state index in [0.29, 0.717) is 12.3 Å². The van der Waals surface area contributed by atoms with Crippen molar-refractivity contribution in [1.29, 1.82) is 0 Å². The molecule has 0 aromatic carbocycles. The highest BCUT2D eigenvalue weighted by molar-refractivity contribution is 5.76. The molecule has 2 saturated heterocycles. The highest BCUT2D eigenvalue weighted by Crippen LogP contribution is 2.15. The van der Waals surface area contributed by atoms with Crippen molar-refractivity contribution in [1.82, 2.24) is 15.5 Å². The van der Waals surface area contributed by atoms with Gasteiger partial charge in [0.15, 0.2) is 0 Å². The molecule has 2 heterocycles. The lowest BCUT2D eigenvalue weighted by Crippen LogP contribution is -2.46. The summed E-state index contributed by atoms with van der Waals surface area (Å²) in [7, 11) is 0. The molecule has 2 N–H and O–H groups in total. The Morgan fingerprint density at radius 3 is 2.74 bits per heavy atom. The molecule has 110 valence electrons. The Kier molecular flexibility index (Phi) is 6.07. The fraction of sp³-hybridized carbons (Fsp3) is 0.929. The molecule has 0 aromatic rings. The molecule has 2 aliphatic rings. The van der Waals surface area contributed by atoms with E-state index in [1.54, 1.807) is 0 Å². The maximum Gasteiger partial charge on any atom is 0.220 e. The van der Waals surface area contributed by atoms with Gasteiger partial charge in [0.25, 0.3) is 0 Å². The number of amides is 1. The summed E-state index contributed by atoms with van der Waals surface area (Å²) in [5.41, 5.74) is 0. The largest absolute Gasteiger partial charge is 0.379 e. The predicted molar refractivity (Wildman–Crippen MR) is 75.1 cm³/mol. The second-order valence-electron chi connectivity index (χ2n) is 5.78. The van der Waals surface area contributed by atoms with Crippen molar-refractivity contribution >= 4 is 5.91 Å². The Balaban J connectivity index is 1.63. The number of piperidine rings is 1. The van der Waals surface area contributed by atoms with Gasteiger partial charge in [-0.25, -0.2) is 0 Å². The number of ether oxygens (including phenoxy) is 1. The maximum absolute atomic E-state index is 12.0. The lowest BCUT2D eigenvalue weighted by molar-refractivity contribution is -0.123. The lowest BCUT2D eigenvalue weighted by Gasteiger charge is -2.29. The van der Waals surface area contributed by atoms with Crippen LogP contribution in [0.3, 0.4) is 0 Å². The quantitative estimate of drug-likeness (QED) is 0.749. The second-order valence-corrected chi connectivity index (χ2v) is 5.78. The summed E-state index contributed by atoms with van der Waals surface area (Å²) in [6.07, 6.45) is 2.95. The summed E-state index contributed by atoms with van der Waals surface area (Å²) < 4.78 is 5.33. The van der Waals surface area contributed by atoms with Crippen LogP contribution in [-0.4, -0.2) is 62.8 Å². The zero-order valence-corrected chi connectivity index (χ0v) is 12.0. The van der Waals surface area contributed by atoms with Gasteiger partial charge in [-0.05, 0) is 38.8 Å². The van der Waals surface area contributed by atoms with Crippen molar-refractivity contribution in [2.75, 3.05) is 45.9 Å². The molecule has 0 saturated carbocycles. The smallest absolute Gasteiger partial charge is 0.220 e. The van der Waals surface area contributed by atoms with E-state index in [-0.39, 0.29) is 11.9 Å². The first-order valence-electron chi connectivity index (χ1n) is 7.54. The Labute approximate surface area is 116 Å². The second kappa shape index (κ2) is 7.82. The topological polar surface area (TPSA) is 53.6 Å². The number of nitrogens with one attached hydrogen (secondary N) is 2. The van der Waals surface area contributed by atoms with E-state index in [4.69, 9.17) is 4.74 Å². The Morgan fingerprint density at radius 2 is 2.05 bits per heavy atom. The van der Waals surface area contributed by atoms with Crippen molar-refractivity contribution in [3.05, 3.63) is 0 Å². The molecule has 19 heavy (non-hydrogen) atoms. The normalized spacial score (nSPS) is 24.1. The zero-order valence-electron chi connectivity index (χ0n) is 12.0. The monoisotopic (exact) mass is 269 g/mol. The van der Waals surface area contributed by atoms with Crippen LogP contribution in [0.1, 0.15) is 26.2 Å². The SMILES string of the molecule is CC(CN1CCOCC1)NC(=O)CC1CCNCC1. The number of hydrogen-bond acceptors (Lipinski definition) is 4. The number of carbonyl (C=O) groups is 1. The fourth-order valence-electron chi connectivity index (χ4n) is 2.90. The fourth-order valence-corrected chi connectivity index (χ4v) is 2.90. The molecule has 5 heteroatoms. The van der Waals surface area contributed by atoms with E-state index in [0.717, 1.165) is 58.8 Å². The average molecular weight is 269 g/mol. The molecule has 0 bridgehead atoms. The highest BCUT2D eigenvalue weighted by atomic mass is 16.5. The van der Waals surface area contributed by atoms with Crippen LogP contribution in [0.2, 0.25) is 0 Å². The molecule has 1 amide bonds. The van der Waals surface area contributed by atoms with Gasteiger partial charge >= 0.3 is 0 Å². The van der Waals surface area contributed by atoms with E-state index in [1.165, 1.54) is 0 Å². The minimum absolute atomic E-state index is 0.215. The summed E-state index contributed by atoms with van der Waals surface area (Å²) in [6.45, 7) is 8.73. The third-order valence-corrected chi connectivity index (χ3v) is 3.98. The van der Waals surface area contributed by atoms with E-state index in [1.807, 2.05) is 0 Å². The molecule has 2 rings (SSSR count). The van der Waals surface area contributed by atoms with Crippen molar-refractivity contribution in [2.45, 2.75) is 32.2 Å². The summed E-state index contributed by atoms with van der Waals surface area (Å²) in [5.74, 6) is 0.782. The first-order chi connectivity index (χ1) is 9.24. The minimum Gasteiger partial charge on any atom is -0.379 e. The minimum atomic E-state index is 0.215. The summed E-state index contributed by atoms with van der Waals surface area (Å²) in [4.78, 5) is 14.3. The van der Waals surface area contributed by atoms with Crippen LogP contribution in [0.4, 0.5) is 0 Å². The van der Waals surface area contributed by atoms with Gasteiger partial charge in [0.2, 0.25) is 5.91 Å². The number of carbonyl (C=O) groups excluding carboxylic acids is 1. The van der Waals surface area contributed by atoms with Gasteiger partial charge < -0.3 is 15.4 Å². The summed E-state index contributed by atoms with van der Waals surface area (Å²) in [5, 5.41) is 6.47. The molecule has 0 aromatic heterocycles. The molecular weight excluding hydrogens is 242 g/mol. The van der Waals surface area contributed by atoms with E-state index >= 15 is 0 Å². The van der Waals surface area contributed by atoms with Gasteiger partial charge in [-0.15, -0.1) is 0 Å². The number of rotatable bonds is 5. The predicted octanol–water partition coefficient (Wildman–Crippen LogP) is 0.213. The van der Waals surface area contributed by atoms with Gasteiger partial charge in [0.1, 0.15) is 0 Å². The van der Waals surface area contributed by atoms with Crippen LogP contribution in [0.25, 0.3) is 0 Å². The molecule has 0 aliphatic carbocycles. The highest BCUT2D eigenvalue weighted by Gasteiger charge is 2.19. The first kappa shape index (κ1) is 14.8. The summed E-state index contributed by atoms with van der Waals surface area (Å²) >= 11 is 0. The third-order valence-electron chi connectivity index (χ3n) is 3.98. The van der Waals surface area contributed by atoms with Crippen molar-refractivity contribution < 1.29 is 9.53 Å². The van der Waals surface area contributed by atoms with Gasteiger partial charge in [0.05, 0.1) is 13.2 Å². The van der Waals surface area contributed by atoms with Crippen LogP contribution in [-0.2, 0) is 9.53 Å². The van der Waals surface area contributed by atoms with Crippen molar-refractivity contribution in [2.24, 2.45) is 5.92 Å². The van der Waals surface area contributed by atoms with Crippen LogP contribution < -0.4 is 10.6 Å². The molecule has 0 spiro atoms. The summed E-state index contributed by atoms with van der Waals surface area (Å²) in [6, 6.07) is 0.229. The van der Waals surface area contributed by atoms with Crippen LogP contribution >= 0.6 is 0 Å². The zero-order chi connectivity index (χ0) is 13.5. The van der Waals surface area contributed by atoms with E-state index in [9.17, 15) is 4.79 Å². The Hall–Kier alpha value is -0.650. The first-order valence-corrected chi connectivity index (χ1v) is 7.54. The molecule has 1 atom stereocenters. The molecule has 1 unspecified atom stereocenters. The molecule has 2 aliphatic heterocycles. The molecule has 5 nitrogen and oxygen atoms in total. The van der Waals surface area contributed by atoms with Gasteiger partial charge in [-0.1, -0.05) is 0 Å². The Bertz CT molecular complexity index is 274. The van der Waals surface area contributed by atoms with Crippen LogP contribution in [0.5, 0.6) is 0 Å². The average Bonchev–Trinajstić information content (AvgIpc) is 2.40. The van der Waals surface area contributed by atoms with Crippen molar-refractivity contribution in [3.8, 4) is 0 Å². The lowest BCUT2D eigenvalue weighted by atomic mass is 9.94. The van der Waals surface area contributed by atoms with Gasteiger partial charge in [0, 0.05) is 32.1 Å². The maximum atomic E-state index is 12.0. The number of hydrogen-bond donors (Lipinski definition) is 2. The van der Waals surface area contributed by atoms with Gasteiger partial charge in [-0.2, -0.15) is 0 Å². The molecule has 2 fully saturated rings. The van der Waals surface area contributed by atoms with E-state index in [2.05, 4.69) is 22.5 Å². The third kappa shape index (κ3) is 5.47. The Morgan fingerprint density at radius 1 is 1.37 bits per heavy atom. The number of morpholine rings is 1. The van der Waals surface area contributed by atoms with Crippen molar-refractivity contribution in [3.63, 3.8) is 0 Å². The number of nitrogens with zero attached hydrogens (tertiary/aromatic N) is 1. The van der Waals surface area contributed by atoms with E-state index < -0.39 is 0 Å². The molecular formula is C14H27N3O2. The van der Waals surface area contributed by atoms with Crippen LogP contribution in [0.15, 0.2) is 0 Å². The molecule has 0 radical (unpaired) electrons. The van der Waals surface area contributed by atoms with Crippen LogP contribution in [0, 0.1) is 5.92 Å².